The third kappa shape index (κ3) is 3.43. The predicted octanol–water partition coefficient (Wildman–Crippen LogP) is 2.48. The van der Waals surface area contributed by atoms with Crippen molar-refractivity contribution in [1.82, 2.24) is 24.5 Å². The number of anilines is 1. The van der Waals surface area contributed by atoms with Crippen LogP contribution in [0.25, 0.3) is 11.2 Å². The van der Waals surface area contributed by atoms with E-state index in [-0.39, 0.29) is 30.9 Å². The standard InChI is InChI=1S/C22H21FN6O3/c23-15-3-5-16(6-4-15)29-11-7-17(26-29)20(30)25-22(21(31)32)8-12-28(14-22)19-18-2-1-10-27(18)13-9-24-19/h1-3,5,7,9-11,13H,4,6,8,12,14H2,(H,25,30)(H,31,32). The number of carbonyl (C=O) groups excluding carboxylic acids is 1. The highest BCUT2D eigenvalue weighted by Gasteiger charge is 2.47. The van der Waals surface area contributed by atoms with Gasteiger partial charge in [0.25, 0.3) is 5.91 Å². The van der Waals surface area contributed by atoms with Gasteiger partial charge in [0.05, 0.1) is 12.1 Å². The molecule has 1 fully saturated rings. The summed E-state index contributed by atoms with van der Waals surface area (Å²) in [7, 11) is 0. The molecule has 0 spiro atoms. The number of aliphatic carboxylic acids is 1. The summed E-state index contributed by atoms with van der Waals surface area (Å²) in [6.45, 7) is 0.519. The van der Waals surface area contributed by atoms with Crippen molar-refractivity contribution in [2.45, 2.75) is 24.8 Å². The Morgan fingerprint density at radius 2 is 2.03 bits per heavy atom. The molecule has 0 bridgehead atoms. The van der Waals surface area contributed by atoms with Gasteiger partial charge in [0.2, 0.25) is 0 Å². The number of aromatic nitrogens is 4. The minimum Gasteiger partial charge on any atom is -0.479 e. The average molecular weight is 436 g/mol. The SMILES string of the molecule is O=C(NC1(C(=O)O)CCN(c2nccn3cccc23)C1)c1ccn(C2=CC=C(F)CC2)n1. The van der Waals surface area contributed by atoms with E-state index in [2.05, 4.69) is 15.4 Å². The molecule has 164 valence electrons. The molecule has 5 rings (SSSR count). The monoisotopic (exact) mass is 436 g/mol. The number of nitrogens with one attached hydrogen (secondary N) is 1. The van der Waals surface area contributed by atoms with Gasteiger partial charge in [0.1, 0.15) is 5.83 Å². The van der Waals surface area contributed by atoms with Crippen molar-refractivity contribution >= 4 is 28.9 Å². The first-order valence-electron chi connectivity index (χ1n) is 10.3. The second-order valence-corrected chi connectivity index (χ2v) is 7.98. The van der Waals surface area contributed by atoms with Crippen molar-refractivity contribution in [3.8, 4) is 0 Å². The van der Waals surface area contributed by atoms with Crippen LogP contribution in [0.15, 0.2) is 61.0 Å². The number of hydrogen-bond donors (Lipinski definition) is 2. The molecule has 1 unspecified atom stereocenters. The summed E-state index contributed by atoms with van der Waals surface area (Å²) < 4.78 is 16.7. The van der Waals surface area contributed by atoms with Gasteiger partial charge in [-0.05, 0) is 36.8 Å². The lowest BCUT2D eigenvalue weighted by Gasteiger charge is -2.26. The van der Waals surface area contributed by atoms with E-state index in [1.807, 2.05) is 33.8 Å². The third-order valence-corrected chi connectivity index (χ3v) is 5.96. The fraction of sp³-hybridized carbons (Fsp3) is 0.273. The predicted molar refractivity (Wildman–Crippen MR) is 115 cm³/mol. The van der Waals surface area contributed by atoms with Gasteiger partial charge < -0.3 is 19.7 Å². The maximum absolute atomic E-state index is 13.2. The van der Waals surface area contributed by atoms with E-state index in [9.17, 15) is 19.1 Å². The molecule has 0 saturated carbocycles. The number of carboxylic acids is 1. The zero-order valence-corrected chi connectivity index (χ0v) is 17.1. The van der Waals surface area contributed by atoms with Crippen LogP contribution in [0, 0.1) is 0 Å². The molecule has 0 radical (unpaired) electrons. The molecule has 1 aliphatic heterocycles. The zero-order chi connectivity index (χ0) is 22.3. The quantitative estimate of drug-likeness (QED) is 0.637. The highest BCUT2D eigenvalue weighted by atomic mass is 19.1. The molecule has 1 amide bonds. The summed E-state index contributed by atoms with van der Waals surface area (Å²) >= 11 is 0. The maximum Gasteiger partial charge on any atom is 0.331 e. The number of allylic oxidation sites excluding steroid dienone is 4. The van der Waals surface area contributed by atoms with Crippen LogP contribution in [0.2, 0.25) is 0 Å². The molecule has 3 aromatic rings. The van der Waals surface area contributed by atoms with E-state index < -0.39 is 17.4 Å². The van der Waals surface area contributed by atoms with Crippen LogP contribution in [0.4, 0.5) is 10.2 Å². The summed E-state index contributed by atoms with van der Waals surface area (Å²) in [5.74, 6) is -1.20. The van der Waals surface area contributed by atoms with E-state index in [1.165, 1.54) is 16.8 Å². The molecule has 2 aliphatic rings. The fourth-order valence-electron chi connectivity index (χ4n) is 4.20. The summed E-state index contributed by atoms with van der Waals surface area (Å²) in [5.41, 5.74) is 0.270. The molecule has 1 aliphatic carbocycles. The second kappa shape index (κ2) is 7.63. The van der Waals surface area contributed by atoms with Gasteiger partial charge in [-0.3, -0.25) is 4.79 Å². The number of amides is 1. The van der Waals surface area contributed by atoms with Crippen molar-refractivity contribution < 1.29 is 19.1 Å². The van der Waals surface area contributed by atoms with Gasteiger partial charge in [0.15, 0.2) is 17.1 Å². The highest BCUT2D eigenvalue weighted by Crippen LogP contribution is 2.29. The Labute approximate surface area is 182 Å². The number of rotatable bonds is 5. The van der Waals surface area contributed by atoms with Gasteiger partial charge >= 0.3 is 5.97 Å². The zero-order valence-electron chi connectivity index (χ0n) is 17.1. The topological polar surface area (TPSA) is 105 Å². The van der Waals surface area contributed by atoms with E-state index in [4.69, 9.17) is 0 Å². The van der Waals surface area contributed by atoms with Crippen molar-refractivity contribution in [2.75, 3.05) is 18.0 Å². The van der Waals surface area contributed by atoms with E-state index in [0.29, 0.717) is 18.8 Å². The van der Waals surface area contributed by atoms with E-state index in [0.717, 1.165) is 11.2 Å². The molecule has 3 aromatic heterocycles. The average Bonchev–Trinajstić information content (AvgIpc) is 3.53. The molecule has 32 heavy (non-hydrogen) atoms. The molecule has 1 saturated heterocycles. The summed E-state index contributed by atoms with van der Waals surface area (Å²) in [6, 6.07) is 5.33. The molecule has 2 N–H and O–H groups in total. The van der Waals surface area contributed by atoms with Gasteiger partial charge in [-0.1, -0.05) is 0 Å². The van der Waals surface area contributed by atoms with E-state index in [1.54, 1.807) is 18.5 Å². The summed E-state index contributed by atoms with van der Waals surface area (Å²) in [5, 5.41) is 16.9. The van der Waals surface area contributed by atoms with Gasteiger partial charge in [-0.25, -0.2) is 18.9 Å². The lowest BCUT2D eigenvalue weighted by molar-refractivity contribution is -0.143. The fourth-order valence-corrected chi connectivity index (χ4v) is 4.20. The Kier molecular flexibility index (Phi) is 4.76. The lowest BCUT2D eigenvalue weighted by atomic mass is 9.98. The van der Waals surface area contributed by atoms with Crippen molar-refractivity contribution in [3.05, 3.63) is 66.7 Å². The molecule has 10 heteroatoms. The van der Waals surface area contributed by atoms with Crippen LogP contribution in [0.5, 0.6) is 0 Å². The Morgan fingerprint density at radius 1 is 1.16 bits per heavy atom. The van der Waals surface area contributed by atoms with Gasteiger partial charge in [-0.2, -0.15) is 5.10 Å². The Bertz CT molecular complexity index is 1280. The number of fused-ring (bicyclic) bond motifs is 1. The minimum atomic E-state index is -1.46. The van der Waals surface area contributed by atoms with Crippen LogP contribution < -0.4 is 10.2 Å². The van der Waals surface area contributed by atoms with Crippen molar-refractivity contribution in [3.63, 3.8) is 0 Å². The number of carbonyl (C=O) groups is 2. The summed E-state index contributed by atoms with van der Waals surface area (Å²) in [6.07, 6.45) is 11.0. The summed E-state index contributed by atoms with van der Waals surface area (Å²) in [4.78, 5) is 31.4. The molecule has 0 aromatic carbocycles. The lowest BCUT2D eigenvalue weighted by Crippen LogP contribution is -2.56. The second-order valence-electron chi connectivity index (χ2n) is 7.98. The largest absolute Gasteiger partial charge is 0.479 e. The molecule has 9 nitrogen and oxygen atoms in total. The van der Waals surface area contributed by atoms with Gasteiger partial charge in [-0.15, -0.1) is 0 Å². The Morgan fingerprint density at radius 3 is 2.81 bits per heavy atom. The van der Waals surface area contributed by atoms with E-state index >= 15 is 0 Å². The normalized spacial score (nSPS) is 20.8. The van der Waals surface area contributed by atoms with Crippen molar-refractivity contribution in [1.29, 1.82) is 0 Å². The number of hydrogen-bond acceptors (Lipinski definition) is 5. The van der Waals surface area contributed by atoms with Crippen LogP contribution in [0.1, 0.15) is 29.8 Å². The van der Waals surface area contributed by atoms with Crippen LogP contribution in [-0.2, 0) is 4.79 Å². The molecule has 1 atom stereocenters. The first-order valence-corrected chi connectivity index (χ1v) is 10.3. The molecular weight excluding hydrogens is 415 g/mol. The van der Waals surface area contributed by atoms with Crippen molar-refractivity contribution in [2.24, 2.45) is 0 Å². The Hall–Kier alpha value is -3.95. The Balaban J connectivity index is 1.36. The molecular formula is C22H21FN6O3. The third-order valence-electron chi connectivity index (χ3n) is 5.96. The maximum atomic E-state index is 13.2. The van der Waals surface area contributed by atoms with Crippen LogP contribution >= 0.6 is 0 Å². The van der Waals surface area contributed by atoms with Crippen LogP contribution in [0.3, 0.4) is 0 Å². The number of halogens is 1. The first-order chi connectivity index (χ1) is 15.4. The molecule has 4 heterocycles. The van der Waals surface area contributed by atoms with Crippen LogP contribution in [-0.4, -0.2) is 54.8 Å². The number of nitrogens with zero attached hydrogens (tertiary/aromatic N) is 5. The minimum absolute atomic E-state index is 0.0852. The number of carboxylic acid groups (broad SMARTS) is 1. The first kappa shape index (κ1) is 20.0. The van der Waals surface area contributed by atoms with Gasteiger partial charge in [0, 0.05) is 49.9 Å². The smallest absolute Gasteiger partial charge is 0.331 e. The highest BCUT2D eigenvalue weighted by molar-refractivity contribution is 5.97.